The number of nitrogens with zero attached hydrogens (tertiary/aromatic N) is 4. The van der Waals surface area contributed by atoms with E-state index in [9.17, 15) is 4.79 Å². The molecule has 33 heavy (non-hydrogen) atoms. The first-order chi connectivity index (χ1) is 16.0. The van der Waals surface area contributed by atoms with Gasteiger partial charge in [-0.1, -0.05) is 24.3 Å². The van der Waals surface area contributed by atoms with Crippen molar-refractivity contribution < 1.29 is 9.53 Å². The molecule has 1 fully saturated rings. The van der Waals surface area contributed by atoms with E-state index in [0.717, 1.165) is 49.0 Å². The van der Waals surface area contributed by atoms with Crippen LogP contribution in [-0.4, -0.2) is 55.0 Å². The molecule has 0 saturated carbocycles. The van der Waals surface area contributed by atoms with E-state index in [1.807, 2.05) is 73.6 Å². The minimum atomic E-state index is -0.0815. The molecule has 1 amide bonds. The fraction of sp³-hybridized carbons (Fsp3) is 0.346. The highest BCUT2D eigenvalue weighted by atomic mass is 16.5. The summed E-state index contributed by atoms with van der Waals surface area (Å²) in [7, 11) is 5.76. The van der Waals surface area contributed by atoms with E-state index in [1.54, 1.807) is 18.0 Å². The molecule has 0 spiro atoms. The zero-order valence-electron chi connectivity index (χ0n) is 19.5. The summed E-state index contributed by atoms with van der Waals surface area (Å²) in [6.07, 6.45) is 2.05. The minimum Gasteiger partial charge on any atom is -0.457 e. The fourth-order valence-electron chi connectivity index (χ4n) is 3.93. The van der Waals surface area contributed by atoms with Crippen molar-refractivity contribution in [2.75, 3.05) is 39.1 Å². The van der Waals surface area contributed by atoms with Crippen LogP contribution in [0.1, 0.15) is 40.6 Å². The SMILES string of the molecule is CN(Cc1cc(N(C)C)nc(C2CCNCC2)n1)C(=O)c1cccc(Oc2ccccc2)c1. The van der Waals surface area contributed by atoms with Gasteiger partial charge >= 0.3 is 0 Å². The van der Waals surface area contributed by atoms with Crippen LogP contribution in [0.25, 0.3) is 0 Å². The zero-order valence-corrected chi connectivity index (χ0v) is 19.5. The van der Waals surface area contributed by atoms with E-state index in [2.05, 4.69) is 5.32 Å². The molecule has 0 atom stereocenters. The van der Waals surface area contributed by atoms with Crippen LogP contribution in [0.15, 0.2) is 60.7 Å². The van der Waals surface area contributed by atoms with Crippen LogP contribution in [0, 0.1) is 0 Å². The molecule has 0 unspecified atom stereocenters. The van der Waals surface area contributed by atoms with Crippen LogP contribution in [-0.2, 0) is 6.54 Å². The van der Waals surface area contributed by atoms with Crippen molar-refractivity contribution in [3.63, 3.8) is 0 Å². The number of rotatable bonds is 7. The Labute approximate surface area is 195 Å². The first kappa shape index (κ1) is 22.7. The molecule has 2 heterocycles. The highest BCUT2D eigenvalue weighted by molar-refractivity contribution is 5.94. The maximum absolute atomic E-state index is 13.2. The molecule has 1 N–H and O–H groups in total. The van der Waals surface area contributed by atoms with E-state index in [4.69, 9.17) is 14.7 Å². The van der Waals surface area contributed by atoms with Crippen molar-refractivity contribution in [2.24, 2.45) is 0 Å². The number of piperidine rings is 1. The van der Waals surface area contributed by atoms with Crippen molar-refractivity contribution in [3.05, 3.63) is 77.7 Å². The number of carbonyl (C=O) groups is 1. The number of amides is 1. The van der Waals surface area contributed by atoms with Gasteiger partial charge in [0.1, 0.15) is 23.1 Å². The Balaban J connectivity index is 1.50. The third kappa shape index (κ3) is 5.87. The predicted octanol–water partition coefficient (Wildman–Crippen LogP) is 4.07. The topological polar surface area (TPSA) is 70.6 Å². The zero-order chi connectivity index (χ0) is 23.2. The Bertz CT molecular complexity index is 1080. The second kappa shape index (κ2) is 10.4. The number of ether oxygens (including phenoxy) is 1. The molecule has 7 nitrogen and oxygen atoms in total. The summed E-state index contributed by atoms with van der Waals surface area (Å²) in [6.45, 7) is 2.37. The summed E-state index contributed by atoms with van der Waals surface area (Å²) < 4.78 is 5.89. The summed E-state index contributed by atoms with van der Waals surface area (Å²) in [6, 6.07) is 18.8. The number of hydrogen-bond donors (Lipinski definition) is 1. The average molecular weight is 446 g/mol. The molecule has 0 bridgehead atoms. The van der Waals surface area contributed by atoms with Gasteiger partial charge in [0.05, 0.1) is 12.2 Å². The van der Waals surface area contributed by atoms with Crippen LogP contribution >= 0.6 is 0 Å². The van der Waals surface area contributed by atoms with Gasteiger partial charge in [-0.15, -0.1) is 0 Å². The second-order valence-corrected chi connectivity index (χ2v) is 8.60. The third-order valence-electron chi connectivity index (χ3n) is 5.75. The number of anilines is 1. The van der Waals surface area contributed by atoms with Gasteiger partial charge in [0.25, 0.3) is 5.91 Å². The number of benzene rings is 2. The lowest BCUT2D eigenvalue weighted by Gasteiger charge is -2.24. The first-order valence-electron chi connectivity index (χ1n) is 11.3. The molecular formula is C26H31N5O2. The maximum Gasteiger partial charge on any atom is 0.254 e. The Morgan fingerprint density at radius 2 is 1.70 bits per heavy atom. The largest absolute Gasteiger partial charge is 0.457 e. The number of nitrogens with one attached hydrogen (secondary N) is 1. The molecule has 2 aromatic carbocycles. The summed E-state index contributed by atoms with van der Waals surface area (Å²) >= 11 is 0. The quantitative estimate of drug-likeness (QED) is 0.591. The highest BCUT2D eigenvalue weighted by Crippen LogP contribution is 2.25. The minimum absolute atomic E-state index is 0.0815. The van der Waals surface area contributed by atoms with Crippen molar-refractivity contribution in [2.45, 2.75) is 25.3 Å². The lowest BCUT2D eigenvalue weighted by atomic mass is 9.97. The lowest BCUT2D eigenvalue weighted by molar-refractivity contribution is 0.0783. The molecule has 7 heteroatoms. The molecule has 1 saturated heterocycles. The van der Waals surface area contributed by atoms with Crippen LogP contribution in [0.5, 0.6) is 11.5 Å². The van der Waals surface area contributed by atoms with Crippen LogP contribution in [0.3, 0.4) is 0 Å². The van der Waals surface area contributed by atoms with Gasteiger partial charge in [-0.2, -0.15) is 0 Å². The molecule has 4 rings (SSSR count). The van der Waals surface area contributed by atoms with E-state index < -0.39 is 0 Å². The molecule has 172 valence electrons. The van der Waals surface area contributed by atoms with Gasteiger partial charge in [0, 0.05) is 38.7 Å². The standard InChI is InChI=1S/C26H31N5O2/c1-30(2)24-17-21(28-25(29-24)19-12-14-27-15-13-19)18-31(3)26(32)20-8-7-11-23(16-20)33-22-9-5-4-6-10-22/h4-11,16-17,19,27H,12-15,18H2,1-3H3. The van der Waals surface area contributed by atoms with Crippen molar-refractivity contribution >= 4 is 11.7 Å². The van der Waals surface area contributed by atoms with E-state index >= 15 is 0 Å². The van der Waals surface area contributed by atoms with Gasteiger partial charge < -0.3 is 19.9 Å². The Morgan fingerprint density at radius 1 is 0.970 bits per heavy atom. The molecule has 0 radical (unpaired) electrons. The van der Waals surface area contributed by atoms with Gasteiger partial charge in [0.15, 0.2) is 0 Å². The lowest BCUT2D eigenvalue weighted by Crippen LogP contribution is -2.29. The Hall–Kier alpha value is -3.45. The van der Waals surface area contributed by atoms with E-state index in [1.165, 1.54) is 0 Å². The third-order valence-corrected chi connectivity index (χ3v) is 5.75. The van der Waals surface area contributed by atoms with Gasteiger partial charge in [-0.25, -0.2) is 9.97 Å². The second-order valence-electron chi connectivity index (χ2n) is 8.60. The Morgan fingerprint density at radius 3 is 2.42 bits per heavy atom. The van der Waals surface area contributed by atoms with Crippen molar-refractivity contribution in [1.29, 1.82) is 0 Å². The molecule has 1 aliphatic heterocycles. The summed E-state index contributed by atoms with van der Waals surface area (Å²) in [5.41, 5.74) is 1.42. The van der Waals surface area contributed by atoms with Gasteiger partial charge in [-0.3, -0.25) is 4.79 Å². The molecule has 3 aromatic rings. The molecule has 1 aromatic heterocycles. The van der Waals surface area contributed by atoms with Crippen molar-refractivity contribution in [3.8, 4) is 11.5 Å². The van der Waals surface area contributed by atoms with E-state index in [-0.39, 0.29) is 5.91 Å². The van der Waals surface area contributed by atoms with Gasteiger partial charge in [0.2, 0.25) is 0 Å². The monoisotopic (exact) mass is 445 g/mol. The summed E-state index contributed by atoms with van der Waals surface area (Å²) in [4.78, 5) is 26.5. The highest BCUT2D eigenvalue weighted by Gasteiger charge is 2.21. The predicted molar refractivity (Wildman–Crippen MR) is 130 cm³/mol. The first-order valence-corrected chi connectivity index (χ1v) is 11.3. The van der Waals surface area contributed by atoms with Crippen molar-refractivity contribution in [1.82, 2.24) is 20.2 Å². The molecule has 1 aliphatic rings. The van der Waals surface area contributed by atoms with Gasteiger partial charge in [-0.05, 0) is 56.3 Å². The maximum atomic E-state index is 13.2. The van der Waals surface area contributed by atoms with E-state index in [0.29, 0.717) is 23.8 Å². The van der Waals surface area contributed by atoms with Crippen LogP contribution in [0.2, 0.25) is 0 Å². The number of carbonyl (C=O) groups excluding carboxylic acids is 1. The van der Waals surface area contributed by atoms with Crippen LogP contribution < -0.4 is 15.0 Å². The summed E-state index contributed by atoms with van der Waals surface area (Å²) in [5, 5.41) is 3.39. The normalized spacial score (nSPS) is 14.0. The van der Waals surface area contributed by atoms with Crippen LogP contribution in [0.4, 0.5) is 5.82 Å². The fourth-order valence-corrected chi connectivity index (χ4v) is 3.93. The molecule has 0 aliphatic carbocycles. The summed E-state index contributed by atoms with van der Waals surface area (Å²) in [5.74, 6) is 3.37. The molecular weight excluding hydrogens is 414 g/mol. The average Bonchev–Trinajstić information content (AvgIpc) is 2.84. The number of para-hydroxylation sites is 1. The number of hydrogen-bond acceptors (Lipinski definition) is 6. The Kier molecular flexibility index (Phi) is 7.19. The smallest absolute Gasteiger partial charge is 0.254 e. The number of aromatic nitrogens is 2.